The number of nitriles is 1. The molecule has 0 unspecified atom stereocenters. The number of fused-ring (bicyclic) bond motifs is 1. The molecule has 1 aliphatic rings. The number of nitrogens with zero attached hydrogens (tertiary/aromatic N) is 1. The van der Waals surface area contributed by atoms with Gasteiger partial charge in [-0.2, -0.15) is 5.26 Å². The van der Waals surface area contributed by atoms with Gasteiger partial charge in [-0.05, 0) is 24.1 Å². The Hall–Kier alpha value is -3.26. The molecule has 0 atom stereocenters. The number of carbonyl (C=O) groups excluding carboxylic acids is 1. The van der Waals surface area contributed by atoms with E-state index in [-0.39, 0.29) is 5.41 Å². The summed E-state index contributed by atoms with van der Waals surface area (Å²) in [7, 11) is 1.55. The normalized spacial score (nSPS) is 14.8. The molecule has 2 N–H and O–H groups in total. The molecular formula is C21H21N3O2. The van der Waals surface area contributed by atoms with Gasteiger partial charge in [0.2, 0.25) is 0 Å². The smallest absolute Gasteiger partial charge is 0.323 e. The number of anilines is 1. The fraction of sp³-hybridized carbons (Fsp3) is 0.238. The average molecular weight is 347 g/mol. The number of nitrogens with one attached hydrogen (secondary N) is 2. The van der Waals surface area contributed by atoms with Crippen LogP contribution in [0.25, 0.3) is 5.70 Å². The summed E-state index contributed by atoms with van der Waals surface area (Å²) in [5.41, 5.74) is 3.35. The maximum atomic E-state index is 12.6. The molecule has 0 saturated carbocycles. The Labute approximate surface area is 153 Å². The molecule has 0 fully saturated rings. The monoisotopic (exact) mass is 347 g/mol. The van der Waals surface area contributed by atoms with Gasteiger partial charge in [0.15, 0.2) is 0 Å². The first-order chi connectivity index (χ1) is 12.5. The van der Waals surface area contributed by atoms with Gasteiger partial charge in [-0.15, -0.1) is 0 Å². The Morgan fingerprint density at radius 1 is 1.12 bits per heavy atom. The van der Waals surface area contributed by atoms with Gasteiger partial charge in [-0.3, -0.25) is 0 Å². The minimum absolute atomic E-state index is 0.351. The van der Waals surface area contributed by atoms with Crippen molar-refractivity contribution in [1.82, 2.24) is 5.32 Å². The lowest BCUT2D eigenvalue weighted by atomic mass is 9.72. The summed E-state index contributed by atoms with van der Waals surface area (Å²) in [4.78, 5) is 12.6. The second-order valence-electron chi connectivity index (χ2n) is 6.86. The zero-order chi connectivity index (χ0) is 18.7. The van der Waals surface area contributed by atoms with E-state index in [2.05, 4.69) is 16.7 Å². The number of para-hydroxylation sites is 2. The average Bonchev–Trinajstić information content (AvgIpc) is 2.61. The lowest BCUT2D eigenvalue weighted by Gasteiger charge is -2.33. The van der Waals surface area contributed by atoms with E-state index in [1.165, 1.54) is 0 Å². The first kappa shape index (κ1) is 17.6. The summed E-state index contributed by atoms with van der Waals surface area (Å²) in [5.74, 6) is 0.571. The number of amides is 2. The van der Waals surface area contributed by atoms with Crippen molar-refractivity contribution in [2.24, 2.45) is 5.41 Å². The van der Waals surface area contributed by atoms with E-state index in [9.17, 15) is 10.1 Å². The largest absolute Gasteiger partial charge is 0.495 e. The maximum absolute atomic E-state index is 12.6. The van der Waals surface area contributed by atoms with E-state index in [1.807, 2.05) is 50.2 Å². The second-order valence-corrected chi connectivity index (χ2v) is 6.86. The predicted octanol–water partition coefficient (Wildman–Crippen LogP) is 4.33. The first-order valence-electron chi connectivity index (χ1n) is 8.40. The summed E-state index contributed by atoms with van der Waals surface area (Å²) in [5, 5.41) is 15.4. The Morgan fingerprint density at radius 2 is 1.81 bits per heavy atom. The van der Waals surface area contributed by atoms with Gasteiger partial charge in [0.1, 0.15) is 5.75 Å². The third-order valence-electron chi connectivity index (χ3n) is 4.55. The van der Waals surface area contributed by atoms with Gasteiger partial charge in [-0.25, -0.2) is 4.79 Å². The van der Waals surface area contributed by atoms with Crippen molar-refractivity contribution in [3.05, 3.63) is 65.2 Å². The third kappa shape index (κ3) is 3.27. The Morgan fingerprint density at radius 3 is 2.54 bits per heavy atom. The van der Waals surface area contributed by atoms with Crippen LogP contribution in [0.4, 0.5) is 10.5 Å². The summed E-state index contributed by atoms with van der Waals surface area (Å²) >= 11 is 0. The molecule has 0 heterocycles. The van der Waals surface area contributed by atoms with Crippen molar-refractivity contribution >= 4 is 17.4 Å². The van der Waals surface area contributed by atoms with Gasteiger partial charge >= 0.3 is 6.03 Å². The number of urea groups is 1. The van der Waals surface area contributed by atoms with E-state index in [4.69, 9.17) is 4.74 Å². The molecule has 0 radical (unpaired) electrons. The van der Waals surface area contributed by atoms with Crippen molar-refractivity contribution < 1.29 is 9.53 Å². The highest BCUT2D eigenvalue weighted by atomic mass is 16.5. The molecule has 26 heavy (non-hydrogen) atoms. The molecule has 2 amide bonds. The third-order valence-corrected chi connectivity index (χ3v) is 4.55. The van der Waals surface area contributed by atoms with Crippen LogP contribution in [0.2, 0.25) is 0 Å². The van der Waals surface area contributed by atoms with Crippen molar-refractivity contribution in [3.63, 3.8) is 0 Å². The lowest BCUT2D eigenvalue weighted by molar-refractivity contribution is 0.255. The van der Waals surface area contributed by atoms with Crippen LogP contribution in [0, 0.1) is 16.7 Å². The second kappa shape index (κ2) is 6.93. The molecule has 0 aromatic heterocycles. The van der Waals surface area contributed by atoms with Crippen LogP contribution in [0.1, 0.15) is 25.0 Å². The molecular weight excluding hydrogens is 326 g/mol. The summed E-state index contributed by atoms with van der Waals surface area (Å²) in [6, 6.07) is 16.9. The molecule has 2 aromatic carbocycles. The van der Waals surface area contributed by atoms with Gasteiger partial charge in [0.25, 0.3) is 0 Å². The summed E-state index contributed by atoms with van der Waals surface area (Å²) < 4.78 is 5.26. The molecule has 5 heteroatoms. The highest BCUT2D eigenvalue weighted by molar-refractivity contribution is 5.98. The minimum Gasteiger partial charge on any atom is -0.495 e. The molecule has 3 rings (SSSR count). The minimum atomic E-state index is -0.412. The van der Waals surface area contributed by atoms with Gasteiger partial charge in [-0.1, -0.05) is 50.2 Å². The number of allylic oxidation sites excluding steroid dienone is 1. The number of ether oxygens (including phenoxy) is 1. The number of methoxy groups -OCH3 is 1. The molecule has 0 saturated heterocycles. The van der Waals surface area contributed by atoms with E-state index in [0.29, 0.717) is 22.7 Å². The molecule has 0 bridgehead atoms. The van der Waals surface area contributed by atoms with Crippen LogP contribution in [-0.4, -0.2) is 13.1 Å². The predicted molar refractivity (Wildman–Crippen MR) is 102 cm³/mol. The van der Waals surface area contributed by atoms with Crippen LogP contribution in [0.5, 0.6) is 5.75 Å². The number of hydrogen-bond acceptors (Lipinski definition) is 3. The lowest BCUT2D eigenvalue weighted by Crippen LogP contribution is -2.34. The molecule has 0 aliphatic heterocycles. The highest BCUT2D eigenvalue weighted by Gasteiger charge is 2.34. The van der Waals surface area contributed by atoms with Gasteiger partial charge < -0.3 is 15.4 Å². The molecule has 1 aliphatic carbocycles. The zero-order valence-electron chi connectivity index (χ0n) is 15.1. The molecule has 0 spiro atoms. The first-order valence-corrected chi connectivity index (χ1v) is 8.40. The topological polar surface area (TPSA) is 74.2 Å². The van der Waals surface area contributed by atoms with E-state index in [0.717, 1.165) is 17.5 Å². The zero-order valence-corrected chi connectivity index (χ0v) is 15.1. The van der Waals surface area contributed by atoms with Gasteiger partial charge in [0, 0.05) is 11.0 Å². The standard InChI is InChI=1S/C21H21N3O2/c1-21(2)12-14-8-4-5-9-15(14)19(16(21)13-22)24-20(25)23-17-10-6-7-11-18(17)26-3/h4-11H,12H2,1-3H3,(H2,23,24,25). The SMILES string of the molecule is COc1ccccc1NC(=O)NC1=C(C#N)C(C)(C)Cc2ccccc21. The van der Waals surface area contributed by atoms with Crippen molar-refractivity contribution in [2.75, 3.05) is 12.4 Å². The van der Waals surface area contributed by atoms with Crippen LogP contribution in [0.3, 0.4) is 0 Å². The van der Waals surface area contributed by atoms with Gasteiger partial charge in [0.05, 0.1) is 30.1 Å². The molecule has 5 nitrogen and oxygen atoms in total. The number of carbonyl (C=O) groups is 1. The van der Waals surface area contributed by atoms with Crippen molar-refractivity contribution in [3.8, 4) is 11.8 Å². The number of rotatable bonds is 3. The van der Waals surface area contributed by atoms with Crippen LogP contribution in [-0.2, 0) is 6.42 Å². The molecule has 132 valence electrons. The van der Waals surface area contributed by atoms with Crippen LogP contribution < -0.4 is 15.4 Å². The quantitative estimate of drug-likeness (QED) is 0.867. The maximum Gasteiger partial charge on any atom is 0.323 e. The Balaban J connectivity index is 1.94. The highest BCUT2D eigenvalue weighted by Crippen LogP contribution is 2.41. The van der Waals surface area contributed by atoms with Crippen molar-refractivity contribution in [1.29, 1.82) is 5.26 Å². The van der Waals surface area contributed by atoms with E-state index >= 15 is 0 Å². The van der Waals surface area contributed by atoms with Crippen LogP contribution >= 0.6 is 0 Å². The Kier molecular flexibility index (Phi) is 4.68. The number of benzene rings is 2. The summed E-state index contributed by atoms with van der Waals surface area (Å²) in [6.07, 6.45) is 0.755. The number of hydrogen-bond donors (Lipinski definition) is 2. The fourth-order valence-corrected chi connectivity index (χ4v) is 3.31. The van der Waals surface area contributed by atoms with E-state index < -0.39 is 6.03 Å². The van der Waals surface area contributed by atoms with Crippen LogP contribution in [0.15, 0.2) is 54.1 Å². The van der Waals surface area contributed by atoms with E-state index in [1.54, 1.807) is 19.2 Å². The fourth-order valence-electron chi connectivity index (χ4n) is 3.31. The molecule has 2 aromatic rings. The summed E-state index contributed by atoms with van der Waals surface area (Å²) in [6.45, 7) is 4.03. The van der Waals surface area contributed by atoms with Crippen molar-refractivity contribution in [2.45, 2.75) is 20.3 Å². The Bertz CT molecular complexity index is 923.